The first-order valence-electron chi connectivity index (χ1n) is 6.41. The number of aliphatic hydroxyl groups is 1. The summed E-state index contributed by atoms with van der Waals surface area (Å²) in [5, 5.41) is 10.1. The third-order valence-corrected chi connectivity index (χ3v) is 3.81. The van der Waals surface area contributed by atoms with E-state index in [4.69, 9.17) is 4.74 Å². The fourth-order valence-corrected chi connectivity index (χ4v) is 2.51. The maximum Gasteiger partial charge on any atom is 0.334 e. The fraction of sp³-hybridized carbons (Fsp3) is 0.533. The van der Waals surface area contributed by atoms with Gasteiger partial charge >= 0.3 is 5.97 Å². The Hall–Kier alpha value is -1.35. The number of fused-ring (bicyclic) bond motifs is 1. The Morgan fingerprint density at radius 1 is 1.44 bits per heavy atom. The van der Waals surface area contributed by atoms with E-state index >= 15 is 0 Å². The van der Waals surface area contributed by atoms with Gasteiger partial charge in [-0.3, -0.25) is 0 Å². The van der Waals surface area contributed by atoms with Crippen LogP contribution in [0.15, 0.2) is 35.5 Å². The molecule has 0 unspecified atom stereocenters. The highest BCUT2D eigenvalue weighted by Crippen LogP contribution is 2.34. The summed E-state index contributed by atoms with van der Waals surface area (Å²) in [4.78, 5) is 11.6. The highest BCUT2D eigenvalue weighted by atomic mass is 16.5. The van der Waals surface area contributed by atoms with Crippen LogP contribution in [0.5, 0.6) is 0 Å². The van der Waals surface area contributed by atoms with E-state index in [1.54, 1.807) is 0 Å². The van der Waals surface area contributed by atoms with Crippen LogP contribution in [0.3, 0.4) is 0 Å². The van der Waals surface area contributed by atoms with Crippen molar-refractivity contribution in [2.45, 2.75) is 45.3 Å². The van der Waals surface area contributed by atoms with Crippen LogP contribution in [0.1, 0.15) is 33.1 Å². The first kappa shape index (κ1) is 13.1. The lowest BCUT2D eigenvalue weighted by Gasteiger charge is -2.21. The van der Waals surface area contributed by atoms with Gasteiger partial charge in [-0.2, -0.15) is 0 Å². The summed E-state index contributed by atoms with van der Waals surface area (Å²) in [6, 6.07) is 0. The van der Waals surface area contributed by atoms with Crippen LogP contribution in [0, 0.1) is 5.92 Å². The third-order valence-electron chi connectivity index (χ3n) is 3.81. The third kappa shape index (κ3) is 2.56. The molecule has 0 aromatic heterocycles. The zero-order chi connectivity index (χ0) is 13.3. The summed E-state index contributed by atoms with van der Waals surface area (Å²) < 4.78 is 5.32. The molecule has 0 radical (unpaired) electrons. The molecule has 3 atom stereocenters. The monoisotopic (exact) mass is 248 g/mol. The fourth-order valence-electron chi connectivity index (χ4n) is 2.51. The minimum atomic E-state index is -0.518. The van der Waals surface area contributed by atoms with E-state index in [1.807, 2.05) is 19.9 Å². The molecule has 1 aliphatic carbocycles. The van der Waals surface area contributed by atoms with Crippen molar-refractivity contribution in [1.82, 2.24) is 0 Å². The molecule has 1 heterocycles. The smallest absolute Gasteiger partial charge is 0.334 e. The van der Waals surface area contributed by atoms with Crippen LogP contribution in [0.4, 0.5) is 0 Å². The molecule has 0 saturated carbocycles. The average Bonchev–Trinajstić information content (AvgIpc) is 2.56. The van der Waals surface area contributed by atoms with Gasteiger partial charge in [0.05, 0.1) is 6.10 Å². The maximum absolute atomic E-state index is 11.6. The number of carbonyl (C=O) groups is 1. The second-order valence-corrected chi connectivity index (χ2v) is 5.25. The normalized spacial score (nSPS) is 39.2. The zero-order valence-corrected chi connectivity index (χ0v) is 11.0. The molecule has 0 aromatic carbocycles. The number of allylic oxidation sites excluding steroid dienone is 2. The Bertz CT molecular complexity index is 431. The molecule has 0 spiro atoms. The number of hydrogen-bond acceptors (Lipinski definition) is 3. The summed E-state index contributed by atoms with van der Waals surface area (Å²) in [6.45, 7) is 7.78. The van der Waals surface area contributed by atoms with Gasteiger partial charge in [-0.05, 0) is 44.8 Å². The Kier molecular flexibility index (Phi) is 3.71. The average molecular weight is 248 g/mol. The van der Waals surface area contributed by atoms with Crippen molar-refractivity contribution in [3.8, 4) is 0 Å². The van der Waals surface area contributed by atoms with Gasteiger partial charge in [0.1, 0.15) is 6.10 Å². The van der Waals surface area contributed by atoms with Crippen molar-refractivity contribution in [3.63, 3.8) is 0 Å². The summed E-state index contributed by atoms with van der Waals surface area (Å²) in [5.41, 5.74) is 2.67. The number of esters is 1. The van der Waals surface area contributed by atoms with E-state index in [-0.39, 0.29) is 18.0 Å². The molecule has 1 aliphatic heterocycles. The zero-order valence-electron chi connectivity index (χ0n) is 11.0. The molecule has 2 rings (SSSR count). The lowest BCUT2D eigenvalue weighted by molar-refractivity contribution is -0.137. The van der Waals surface area contributed by atoms with E-state index in [0.29, 0.717) is 12.0 Å². The Morgan fingerprint density at radius 3 is 2.89 bits per heavy atom. The van der Waals surface area contributed by atoms with Gasteiger partial charge in [0.25, 0.3) is 0 Å². The van der Waals surface area contributed by atoms with Gasteiger partial charge in [0.15, 0.2) is 0 Å². The molecule has 0 aromatic rings. The minimum absolute atomic E-state index is 0.108. The van der Waals surface area contributed by atoms with Crippen molar-refractivity contribution in [2.75, 3.05) is 0 Å². The Morgan fingerprint density at radius 2 is 2.17 bits per heavy atom. The van der Waals surface area contributed by atoms with Gasteiger partial charge < -0.3 is 9.84 Å². The lowest BCUT2D eigenvalue weighted by Crippen LogP contribution is -2.22. The minimum Gasteiger partial charge on any atom is -0.454 e. The molecule has 18 heavy (non-hydrogen) atoms. The number of carbonyl (C=O) groups excluding carboxylic acids is 1. The van der Waals surface area contributed by atoms with Crippen LogP contribution in [0.25, 0.3) is 0 Å². The molecule has 0 bridgehead atoms. The van der Waals surface area contributed by atoms with Gasteiger partial charge in [-0.15, -0.1) is 0 Å². The Balaban J connectivity index is 2.30. The van der Waals surface area contributed by atoms with Gasteiger partial charge in [0, 0.05) is 11.5 Å². The lowest BCUT2D eigenvalue weighted by atomic mass is 9.87. The Labute approximate surface area is 108 Å². The summed E-state index contributed by atoms with van der Waals surface area (Å²) in [6.07, 6.45) is 5.64. The summed E-state index contributed by atoms with van der Waals surface area (Å²) in [7, 11) is 0. The molecule has 2 aliphatic rings. The van der Waals surface area contributed by atoms with Gasteiger partial charge in [-0.25, -0.2) is 4.79 Å². The van der Waals surface area contributed by atoms with E-state index in [1.165, 1.54) is 5.57 Å². The largest absolute Gasteiger partial charge is 0.454 e. The summed E-state index contributed by atoms with van der Waals surface area (Å²) >= 11 is 0. The van der Waals surface area contributed by atoms with Crippen molar-refractivity contribution in [1.29, 1.82) is 0 Å². The second kappa shape index (κ2) is 5.11. The molecule has 1 saturated heterocycles. The van der Waals surface area contributed by atoms with Crippen molar-refractivity contribution in [3.05, 3.63) is 35.5 Å². The van der Waals surface area contributed by atoms with Crippen molar-refractivity contribution >= 4 is 5.97 Å². The van der Waals surface area contributed by atoms with E-state index in [0.717, 1.165) is 18.4 Å². The SMILES string of the molecule is C=C1C(=O)O[C@@H]2/C=C(\C)CC/C=C(\C)[C@H](O)C[C@H]12. The number of hydrogen-bond donors (Lipinski definition) is 1. The molecule has 1 N–H and O–H groups in total. The molecule has 3 nitrogen and oxygen atoms in total. The molecular formula is C15H20O3. The van der Waals surface area contributed by atoms with E-state index < -0.39 is 6.10 Å². The van der Waals surface area contributed by atoms with Crippen LogP contribution in [-0.2, 0) is 9.53 Å². The number of ether oxygens (including phenoxy) is 1. The van der Waals surface area contributed by atoms with Crippen LogP contribution < -0.4 is 0 Å². The number of rotatable bonds is 0. The van der Waals surface area contributed by atoms with Gasteiger partial charge in [0.2, 0.25) is 0 Å². The van der Waals surface area contributed by atoms with Crippen LogP contribution in [-0.4, -0.2) is 23.3 Å². The van der Waals surface area contributed by atoms with E-state index in [9.17, 15) is 9.90 Å². The van der Waals surface area contributed by atoms with Gasteiger partial charge in [-0.1, -0.05) is 18.2 Å². The predicted octanol–water partition coefficient (Wildman–Crippen LogP) is 2.52. The number of aliphatic hydroxyl groups excluding tert-OH is 1. The highest BCUT2D eigenvalue weighted by Gasteiger charge is 2.38. The van der Waals surface area contributed by atoms with Crippen molar-refractivity contribution < 1.29 is 14.6 Å². The standard InChI is InChI=1S/C15H20O3/c1-9-5-4-6-10(2)13(16)8-12-11(3)15(17)18-14(12)7-9/h6-7,12-14,16H,3-5,8H2,1-2H3/b9-7+,10-6+/t12-,13-,14-/m1/s1. The molecule has 1 fully saturated rings. The molecule has 3 heteroatoms. The van der Waals surface area contributed by atoms with Crippen LogP contribution in [0.2, 0.25) is 0 Å². The topological polar surface area (TPSA) is 46.5 Å². The quantitative estimate of drug-likeness (QED) is 0.407. The highest BCUT2D eigenvalue weighted by molar-refractivity contribution is 5.91. The molecule has 0 amide bonds. The first-order valence-corrected chi connectivity index (χ1v) is 6.41. The maximum atomic E-state index is 11.6. The summed E-state index contributed by atoms with van der Waals surface area (Å²) in [5.74, 6) is -0.439. The van der Waals surface area contributed by atoms with Crippen molar-refractivity contribution in [2.24, 2.45) is 5.92 Å². The molecule has 98 valence electrons. The molecular weight excluding hydrogens is 228 g/mol. The first-order chi connectivity index (χ1) is 8.49. The predicted molar refractivity (Wildman–Crippen MR) is 69.9 cm³/mol. The second-order valence-electron chi connectivity index (χ2n) is 5.25. The van der Waals surface area contributed by atoms with Crippen LogP contribution >= 0.6 is 0 Å². The van der Waals surface area contributed by atoms with E-state index in [2.05, 4.69) is 12.7 Å².